The molecule has 0 radical (unpaired) electrons. The van der Waals surface area contributed by atoms with E-state index < -0.39 is 0 Å². The molecule has 0 atom stereocenters. The maximum atomic E-state index is 12.0. The average Bonchev–Trinajstić information content (AvgIpc) is 3.04. The summed E-state index contributed by atoms with van der Waals surface area (Å²) in [5.41, 5.74) is 1.07. The molecule has 0 unspecified atom stereocenters. The van der Waals surface area contributed by atoms with Gasteiger partial charge in [-0.3, -0.25) is 9.13 Å². The minimum absolute atomic E-state index is 0.128. The van der Waals surface area contributed by atoms with Gasteiger partial charge in [-0.05, 0) is 19.3 Å². The van der Waals surface area contributed by atoms with Gasteiger partial charge in [0, 0.05) is 36.8 Å². The summed E-state index contributed by atoms with van der Waals surface area (Å²) in [6, 6.07) is 0.457. The van der Waals surface area contributed by atoms with Gasteiger partial charge in [0.25, 0.3) is 0 Å². The molecule has 0 spiro atoms. The molecular formula is C13H16ClN3OS. The third-order valence-electron chi connectivity index (χ3n) is 3.34. The first-order valence-electron chi connectivity index (χ1n) is 6.54. The van der Waals surface area contributed by atoms with Gasteiger partial charge in [0.15, 0.2) is 0 Å². The van der Waals surface area contributed by atoms with E-state index in [0.29, 0.717) is 11.9 Å². The zero-order chi connectivity index (χ0) is 13.2. The summed E-state index contributed by atoms with van der Waals surface area (Å²) >= 11 is 7.37. The third-order valence-corrected chi connectivity index (χ3v) is 4.57. The van der Waals surface area contributed by atoms with Crippen molar-refractivity contribution in [2.45, 2.75) is 44.1 Å². The van der Waals surface area contributed by atoms with Crippen molar-refractivity contribution in [1.82, 2.24) is 14.1 Å². The molecule has 4 nitrogen and oxygen atoms in total. The van der Waals surface area contributed by atoms with Gasteiger partial charge in [-0.25, -0.2) is 9.78 Å². The van der Waals surface area contributed by atoms with E-state index in [1.165, 1.54) is 0 Å². The topological polar surface area (TPSA) is 39.8 Å². The summed E-state index contributed by atoms with van der Waals surface area (Å²) in [5.74, 6) is 0.472. The summed E-state index contributed by atoms with van der Waals surface area (Å²) in [6.07, 6.45) is 7.93. The second-order valence-electron chi connectivity index (χ2n) is 4.88. The molecule has 102 valence electrons. The molecule has 19 heavy (non-hydrogen) atoms. The lowest BCUT2D eigenvalue weighted by Crippen LogP contribution is -2.23. The Kier molecular flexibility index (Phi) is 3.75. The van der Waals surface area contributed by atoms with E-state index in [2.05, 4.69) is 4.98 Å². The Labute approximate surface area is 120 Å². The largest absolute Gasteiger partial charge is 0.328 e. The van der Waals surface area contributed by atoms with Crippen molar-refractivity contribution < 1.29 is 0 Å². The minimum atomic E-state index is 0.128. The van der Waals surface area contributed by atoms with Crippen LogP contribution in [-0.2, 0) is 18.8 Å². The summed E-state index contributed by atoms with van der Waals surface area (Å²) in [5, 5.41) is 3.10. The molecule has 1 saturated carbocycles. The molecule has 0 aliphatic heterocycles. The highest BCUT2D eigenvalue weighted by Crippen LogP contribution is 2.33. The van der Waals surface area contributed by atoms with Gasteiger partial charge < -0.3 is 0 Å². The van der Waals surface area contributed by atoms with Crippen molar-refractivity contribution in [3.05, 3.63) is 39.0 Å². The SMILES string of the molecule is O=c1n(CCCc2nc(CCl)cs2)ccn1C1CC1. The third kappa shape index (κ3) is 2.92. The highest BCUT2D eigenvalue weighted by Gasteiger charge is 2.25. The maximum Gasteiger partial charge on any atom is 0.328 e. The van der Waals surface area contributed by atoms with Crippen LogP contribution < -0.4 is 5.69 Å². The molecule has 2 aromatic heterocycles. The molecule has 2 heterocycles. The Balaban J connectivity index is 1.56. The fourth-order valence-corrected chi connectivity index (χ4v) is 3.22. The smallest absolute Gasteiger partial charge is 0.299 e. The molecule has 0 aromatic carbocycles. The molecule has 3 rings (SSSR count). The first-order chi connectivity index (χ1) is 9.28. The number of thiazole rings is 1. The second kappa shape index (κ2) is 5.51. The zero-order valence-corrected chi connectivity index (χ0v) is 12.2. The number of aromatic nitrogens is 3. The van der Waals surface area contributed by atoms with E-state index in [9.17, 15) is 4.79 Å². The van der Waals surface area contributed by atoms with Crippen LogP contribution >= 0.6 is 22.9 Å². The quantitative estimate of drug-likeness (QED) is 0.769. The van der Waals surface area contributed by atoms with Crippen LogP contribution in [0.4, 0.5) is 0 Å². The molecule has 6 heteroatoms. The van der Waals surface area contributed by atoms with Crippen LogP contribution in [0.3, 0.4) is 0 Å². The van der Waals surface area contributed by atoms with E-state index in [0.717, 1.165) is 42.9 Å². The van der Waals surface area contributed by atoms with Crippen LogP contribution in [0.15, 0.2) is 22.6 Å². The molecule has 0 bridgehead atoms. The van der Waals surface area contributed by atoms with Crippen molar-refractivity contribution in [3.63, 3.8) is 0 Å². The predicted octanol–water partition coefficient (Wildman–Crippen LogP) is 2.81. The predicted molar refractivity (Wildman–Crippen MR) is 77.0 cm³/mol. The fraction of sp³-hybridized carbons (Fsp3) is 0.538. The Hall–Kier alpha value is -1.07. The Morgan fingerprint density at radius 2 is 2.26 bits per heavy atom. The molecule has 0 amide bonds. The fourth-order valence-electron chi connectivity index (χ4n) is 2.15. The van der Waals surface area contributed by atoms with Crippen LogP contribution in [0, 0.1) is 0 Å². The maximum absolute atomic E-state index is 12.0. The summed E-state index contributed by atoms with van der Waals surface area (Å²) in [4.78, 5) is 16.5. The molecule has 2 aromatic rings. The van der Waals surface area contributed by atoms with Crippen LogP contribution in [0.5, 0.6) is 0 Å². The van der Waals surface area contributed by atoms with Crippen molar-refractivity contribution in [2.24, 2.45) is 0 Å². The lowest BCUT2D eigenvalue weighted by Gasteiger charge is -2.00. The molecule has 0 N–H and O–H groups in total. The monoisotopic (exact) mass is 297 g/mol. The van der Waals surface area contributed by atoms with Gasteiger partial charge in [-0.1, -0.05) is 0 Å². The summed E-state index contributed by atoms with van der Waals surface area (Å²) in [7, 11) is 0. The normalized spacial score (nSPS) is 15.0. The summed E-state index contributed by atoms with van der Waals surface area (Å²) < 4.78 is 3.66. The average molecular weight is 298 g/mol. The Bertz CT molecular complexity index is 611. The van der Waals surface area contributed by atoms with Gasteiger partial charge in [0.1, 0.15) is 0 Å². The van der Waals surface area contributed by atoms with E-state index >= 15 is 0 Å². The molecule has 1 aliphatic rings. The minimum Gasteiger partial charge on any atom is -0.299 e. The highest BCUT2D eigenvalue weighted by atomic mass is 35.5. The van der Waals surface area contributed by atoms with Crippen molar-refractivity contribution in [3.8, 4) is 0 Å². The van der Waals surface area contributed by atoms with E-state index in [4.69, 9.17) is 11.6 Å². The van der Waals surface area contributed by atoms with Crippen LogP contribution in [-0.4, -0.2) is 14.1 Å². The Morgan fingerprint density at radius 3 is 2.95 bits per heavy atom. The lowest BCUT2D eigenvalue weighted by atomic mass is 10.3. The molecule has 1 aliphatic carbocycles. The van der Waals surface area contributed by atoms with Gasteiger partial charge >= 0.3 is 5.69 Å². The number of aryl methyl sites for hydroxylation is 2. The zero-order valence-electron chi connectivity index (χ0n) is 10.6. The number of imidazole rings is 1. The molecule has 1 fully saturated rings. The second-order valence-corrected chi connectivity index (χ2v) is 6.09. The highest BCUT2D eigenvalue weighted by molar-refractivity contribution is 7.09. The van der Waals surface area contributed by atoms with Crippen LogP contribution in [0.1, 0.15) is 36.0 Å². The lowest BCUT2D eigenvalue weighted by molar-refractivity contribution is 0.591. The first-order valence-corrected chi connectivity index (χ1v) is 7.96. The van der Waals surface area contributed by atoms with E-state index in [1.807, 2.05) is 22.3 Å². The number of rotatable bonds is 6. The van der Waals surface area contributed by atoms with E-state index in [-0.39, 0.29) is 5.69 Å². The van der Waals surface area contributed by atoms with Crippen molar-refractivity contribution in [1.29, 1.82) is 0 Å². The van der Waals surface area contributed by atoms with Gasteiger partial charge in [-0.15, -0.1) is 22.9 Å². The van der Waals surface area contributed by atoms with Gasteiger partial charge in [0.05, 0.1) is 16.6 Å². The standard InChI is InChI=1S/C13H16ClN3OS/c14-8-10-9-19-12(15-10)2-1-5-16-6-7-17(13(16)18)11-3-4-11/h6-7,9,11H,1-5,8H2. The van der Waals surface area contributed by atoms with Crippen LogP contribution in [0.25, 0.3) is 0 Å². The number of halogens is 1. The van der Waals surface area contributed by atoms with Crippen molar-refractivity contribution in [2.75, 3.05) is 0 Å². The van der Waals surface area contributed by atoms with Gasteiger partial charge in [-0.2, -0.15) is 0 Å². The molecule has 0 saturated heterocycles. The number of hydrogen-bond donors (Lipinski definition) is 0. The first kappa shape index (κ1) is 12.9. The van der Waals surface area contributed by atoms with Gasteiger partial charge in [0.2, 0.25) is 0 Å². The number of hydrogen-bond acceptors (Lipinski definition) is 3. The summed E-state index contributed by atoms with van der Waals surface area (Å²) in [6.45, 7) is 0.758. The van der Waals surface area contributed by atoms with Crippen LogP contribution in [0.2, 0.25) is 0 Å². The van der Waals surface area contributed by atoms with Crippen molar-refractivity contribution >= 4 is 22.9 Å². The molecular weight excluding hydrogens is 282 g/mol. The Morgan fingerprint density at radius 1 is 1.42 bits per heavy atom. The number of alkyl halides is 1. The van der Waals surface area contributed by atoms with E-state index in [1.54, 1.807) is 15.9 Å². The number of nitrogens with zero attached hydrogens (tertiary/aromatic N) is 3.